The first kappa shape index (κ1) is 26.7. The Morgan fingerprint density at radius 1 is 1.09 bits per heavy atom. The van der Waals surface area contributed by atoms with E-state index in [1.165, 1.54) is 0 Å². The van der Waals surface area contributed by atoms with Crippen LogP contribution in [0.15, 0.2) is 48.0 Å². The maximum atomic E-state index is 13.5. The van der Waals surface area contributed by atoms with Crippen LogP contribution in [-0.4, -0.2) is 35.8 Å². The molecule has 0 aromatic heterocycles. The minimum Gasteiger partial charge on any atom is -0.489 e. The minimum atomic E-state index is -5.08. The SMILES string of the molecule is NC(=O)c1cccc(OCC2=CC[C@H](c3cc(F)c(F)c(F)c3)[C@@H](N)C2)c1.O=C(O)C(F)(F)F. The zero-order valence-electron chi connectivity index (χ0n) is 17.4. The molecule has 0 bridgehead atoms. The van der Waals surface area contributed by atoms with Crippen LogP contribution in [0.3, 0.4) is 0 Å². The number of benzene rings is 2. The van der Waals surface area contributed by atoms with Gasteiger partial charge >= 0.3 is 12.1 Å². The van der Waals surface area contributed by atoms with E-state index in [-0.39, 0.29) is 18.6 Å². The van der Waals surface area contributed by atoms with Crippen molar-refractivity contribution in [3.63, 3.8) is 0 Å². The van der Waals surface area contributed by atoms with Crippen LogP contribution in [0.1, 0.15) is 34.7 Å². The zero-order valence-corrected chi connectivity index (χ0v) is 17.4. The largest absolute Gasteiger partial charge is 0.490 e. The molecule has 2 aromatic rings. The van der Waals surface area contributed by atoms with Crippen LogP contribution in [-0.2, 0) is 4.79 Å². The lowest BCUT2D eigenvalue weighted by molar-refractivity contribution is -0.192. The molecule has 0 saturated carbocycles. The average molecular weight is 490 g/mol. The van der Waals surface area contributed by atoms with Crippen LogP contribution in [0.5, 0.6) is 5.75 Å². The van der Waals surface area contributed by atoms with Gasteiger partial charge in [0.05, 0.1) is 0 Å². The summed E-state index contributed by atoms with van der Waals surface area (Å²) in [7, 11) is 0. The third-order valence-electron chi connectivity index (χ3n) is 4.89. The summed E-state index contributed by atoms with van der Waals surface area (Å²) in [6, 6.07) is 8.14. The van der Waals surface area contributed by atoms with Crippen molar-refractivity contribution in [3.05, 3.63) is 76.6 Å². The second-order valence-electron chi connectivity index (χ2n) is 7.35. The first-order chi connectivity index (χ1) is 15.8. The van der Waals surface area contributed by atoms with Crippen molar-refractivity contribution in [1.82, 2.24) is 0 Å². The molecule has 1 amide bonds. The lowest BCUT2D eigenvalue weighted by Gasteiger charge is -2.29. The van der Waals surface area contributed by atoms with Crippen LogP contribution in [0, 0.1) is 17.5 Å². The number of hydrogen-bond acceptors (Lipinski definition) is 4. The zero-order chi connectivity index (χ0) is 25.6. The van der Waals surface area contributed by atoms with Crippen molar-refractivity contribution in [1.29, 1.82) is 0 Å². The summed E-state index contributed by atoms with van der Waals surface area (Å²) in [4.78, 5) is 20.1. The molecule has 6 nitrogen and oxygen atoms in total. The Balaban J connectivity index is 0.000000509. The van der Waals surface area contributed by atoms with E-state index in [4.69, 9.17) is 26.1 Å². The highest BCUT2D eigenvalue weighted by atomic mass is 19.4. The van der Waals surface area contributed by atoms with E-state index in [1.54, 1.807) is 24.3 Å². The van der Waals surface area contributed by atoms with Gasteiger partial charge in [-0.25, -0.2) is 18.0 Å². The van der Waals surface area contributed by atoms with Gasteiger partial charge in [-0.15, -0.1) is 0 Å². The first-order valence-corrected chi connectivity index (χ1v) is 9.70. The fraction of sp³-hybridized carbons (Fsp3) is 0.273. The highest BCUT2D eigenvalue weighted by Crippen LogP contribution is 2.33. The van der Waals surface area contributed by atoms with Gasteiger partial charge in [-0.3, -0.25) is 4.79 Å². The number of allylic oxidation sites excluding steroid dienone is 1. The molecule has 3 rings (SSSR count). The molecule has 12 heteroatoms. The molecule has 0 saturated heterocycles. The second-order valence-corrected chi connectivity index (χ2v) is 7.35. The van der Waals surface area contributed by atoms with Crippen molar-refractivity contribution in [3.8, 4) is 5.75 Å². The number of carbonyl (C=O) groups is 2. The molecule has 2 aromatic carbocycles. The summed E-state index contributed by atoms with van der Waals surface area (Å²) in [5, 5.41) is 7.12. The molecule has 0 heterocycles. The molecule has 0 aliphatic heterocycles. The molecule has 184 valence electrons. The third-order valence-corrected chi connectivity index (χ3v) is 4.89. The maximum Gasteiger partial charge on any atom is 0.490 e. The van der Waals surface area contributed by atoms with Crippen molar-refractivity contribution in [2.45, 2.75) is 31.0 Å². The fourth-order valence-corrected chi connectivity index (χ4v) is 3.20. The number of nitrogens with two attached hydrogens (primary N) is 2. The number of primary amides is 1. The molecule has 0 spiro atoms. The van der Waals surface area contributed by atoms with Gasteiger partial charge in [0.25, 0.3) is 0 Å². The van der Waals surface area contributed by atoms with E-state index in [0.29, 0.717) is 29.7 Å². The molecule has 0 radical (unpaired) electrons. The van der Waals surface area contributed by atoms with Gasteiger partial charge in [0.15, 0.2) is 17.5 Å². The number of carboxylic acid groups (broad SMARTS) is 1. The average Bonchev–Trinajstić information content (AvgIpc) is 2.75. The lowest BCUT2D eigenvalue weighted by Crippen LogP contribution is -2.32. The summed E-state index contributed by atoms with van der Waals surface area (Å²) in [6.45, 7) is 0.273. The Labute approximate surface area is 189 Å². The van der Waals surface area contributed by atoms with E-state index in [9.17, 15) is 31.1 Å². The van der Waals surface area contributed by atoms with Gasteiger partial charge in [-0.2, -0.15) is 13.2 Å². The van der Waals surface area contributed by atoms with Crippen molar-refractivity contribution in [2.24, 2.45) is 11.5 Å². The molecular weight excluding hydrogens is 470 g/mol. The molecular formula is C22H20F6N2O4. The number of carbonyl (C=O) groups excluding carboxylic acids is 1. The van der Waals surface area contributed by atoms with E-state index in [2.05, 4.69) is 0 Å². The van der Waals surface area contributed by atoms with E-state index >= 15 is 0 Å². The van der Waals surface area contributed by atoms with Gasteiger partial charge in [0.1, 0.15) is 12.4 Å². The van der Waals surface area contributed by atoms with Gasteiger partial charge in [0, 0.05) is 17.5 Å². The Kier molecular flexibility index (Phi) is 8.68. The highest BCUT2D eigenvalue weighted by Gasteiger charge is 2.38. The fourth-order valence-electron chi connectivity index (χ4n) is 3.20. The summed E-state index contributed by atoms with van der Waals surface area (Å²) < 4.78 is 77.5. The second kappa shape index (κ2) is 11.1. The number of alkyl halides is 3. The Morgan fingerprint density at radius 2 is 1.68 bits per heavy atom. The molecule has 1 aliphatic carbocycles. The van der Waals surface area contributed by atoms with Gasteiger partial charge in [0.2, 0.25) is 5.91 Å². The Hall–Kier alpha value is -3.54. The molecule has 2 atom stereocenters. The summed E-state index contributed by atoms with van der Waals surface area (Å²) in [6.07, 6.45) is -2.24. The predicted molar refractivity (Wildman–Crippen MR) is 108 cm³/mol. The number of rotatable bonds is 5. The van der Waals surface area contributed by atoms with Crippen LogP contribution in [0.25, 0.3) is 0 Å². The number of ether oxygens (including phenoxy) is 1. The van der Waals surface area contributed by atoms with Crippen LogP contribution in [0.2, 0.25) is 0 Å². The van der Waals surface area contributed by atoms with E-state index < -0.39 is 35.5 Å². The van der Waals surface area contributed by atoms with Crippen molar-refractivity contribution < 1.29 is 45.8 Å². The summed E-state index contributed by atoms with van der Waals surface area (Å²) in [5.41, 5.74) is 13.0. The molecule has 1 aliphatic rings. The molecule has 0 unspecified atom stereocenters. The minimum absolute atomic E-state index is 0.273. The smallest absolute Gasteiger partial charge is 0.489 e. The monoisotopic (exact) mass is 490 g/mol. The van der Waals surface area contributed by atoms with Crippen molar-refractivity contribution in [2.75, 3.05) is 6.61 Å². The number of carboxylic acids is 1. The number of halogens is 6. The maximum absolute atomic E-state index is 13.5. The lowest BCUT2D eigenvalue weighted by atomic mass is 9.81. The van der Waals surface area contributed by atoms with Crippen LogP contribution < -0.4 is 16.2 Å². The van der Waals surface area contributed by atoms with Crippen LogP contribution in [0.4, 0.5) is 26.3 Å². The first-order valence-electron chi connectivity index (χ1n) is 9.70. The van der Waals surface area contributed by atoms with Gasteiger partial charge < -0.3 is 21.3 Å². The topological polar surface area (TPSA) is 116 Å². The molecule has 0 fully saturated rings. The number of hydrogen-bond donors (Lipinski definition) is 3. The van der Waals surface area contributed by atoms with E-state index in [0.717, 1.165) is 17.7 Å². The van der Waals surface area contributed by atoms with E-state index in [1.807, 2.05) is 6.08 Å². The number of aliphatic carboxylic acids is 1. The van der Waals surface area contributed by atoms with Gasteiger partial charge in [-0.05, 0) is 54.3 Å². The standard InChI is InChI=1S/C20H19F3N2O2.C2HF3O2/c21-16-8-13(9-17(22)19(16)23)15-5-4-11(6-18(15)24)10-27-14-3-1-2-12(7-14)20(25)26;3-2(4,5)1(6)7/h1-4,7-9,15,18H,5-6,10,24H2,(H2,25,26);(H,6,7)/t15-,18+;/m1./s1. The predicted octanol–water partition coefficient (Wildman–Crippen LogP) is 4.05. The Morgan fingerprint density at radius 3 is 2.18 bits per heavy atom. The summed E-state index contributed by atoms with van der Waals surface area (Å²) >= 11 is 0. The Bertz CT molecular complexity index is 1060. The molecule has 5 N–H and O–H groups in total. The normalized spacial score (nSPS) is 17.8. The quantitative estimate of drug-likeness (QED) is 0.332. The van der Waals surface area contributed by atoms with Gasteiger partial charge in [-0.1, -0.05) is 12.1 Å². The molecule has 34 heavy (non-hydrogen) atoms. The van der Waals surface area contributed by atoms with Crippen molar-refractivity contribution >= 4 is 11.9 Å². The van der Waals surface area contributed by atoms with Crippen LogP contribution >= 0.6 is 0 Å². The third kappa shape index (κ3) is 7.24. The highest BCUT2D eigenvalue weighted by molar-refractivity contribution is 5.93. The summed E-state index contributed by atoms with van der Waals surface area (Å²) in [5.74, 6) is -7.02. The number of amides is 1.